The van der Waals surface area contributed by atoms with Gasteiger partial charge in [0.25, 0.3) is 0 Å². The average Bonchev–Trinajstić information content (AvgIpc) is 3.27. The molecule has 1 aliphatic rings. The van der Waals surface area contributed by atoms with Crippen molar-refractivity contribution >= 4 is 69.7 Å². The second-order valence-corrected chi connectivity index (χ2v) is 15.6. The van der Waals surface area contributed by atoms with E-state index in [1.54, 1.807) is 24.3 Å². The number of carbonyl (C=O) groups is 1. The smallest absolute Gasteiger partial charge is 0.311 e. The maximum atomic E-state index is 12.9. The van der Waals surface area contributed by atoms with Crippen molar-refractivity contribution in [3.05, 3.63) is 60.2 Å². The molecule has 1 aliphatic carbocycles. The van der Waals surface area contributed by atoms with Crippen molar-refractivity contribution < 1.29 is 14.3 Å². The summed E-state index contributed by atoms with van der Waals surface area (Å²) in [5.74, 6) is 0.576. The van der Waals surface area contributed by atoms with Crippen LogP contribution in [0.4, 0.5) is 0 Å². The van der Waals surface area contributed by atoms with Crippen LogP contribution in [-0.2, 0) is 9.53 Å². The van der Waals surface area contributed by atoms with Crippen molar-refractivity contribution in [3.63, 3.8) is 0 Å². The van der Waals surface area contributed by atoms with E-state index >= 15 is 0 Å². The minimum atomic E-state index is -1.01. The van der Waals surface area contributed by atoms with E-state index in [-0.39, 0.29) is 28.0 Å². The lowest BCUT2D eigenvalue weighted by molar-refractivity contribution is -0.149. The first kappa shape index (κ1) is 23.8. The minimum Gasteiger partial charge on any atom is -0.457 e. The number of hydrogen-bond acceptors (Lipinski definition) is 4. The summed E-state index contributed by atoms with van der Waals surface area (Å²) in [6, 6.07) is 18.5. The lowest BCUT2D eigenvalue weighted by Crippen LogP contribution is -2.23. The van der Waals surface area contributed by atoms with Gasteiger partial charge < -0.3 is 9.47 Å². The molecule has 8 heteroatoms. The quantitative estimate of drug-likeness (QED) is 0.238. The number of carbonyl (C=O) groups excluding carboxylic acids is 1. The molecular formula is C22H19Br4NO3. The molecule has 3 rings (SSSR count). The monoisotopic (exact) mass is 661 g/mol. The number of rotatable bonds is 6. The Morgan fingerprint density at radius 1 is 1.10 bits per heavy atom. The number of alkyl halides is 4. The maximum absolute atomic E-state index is 12.9. The van der Waals surface area contributed by atoms with Crippen molar-refractivity contribution in [2.75, 3.05) is 0 Å². The van der Waals surface area contributed by atoms with E-state index < -0.39 is 8.25 Å². The topological polar surface area (TPSA) is 59.3 Å². The van der Waals surface area contributed by atoms with Gasteiger partial charge in [-0.2, -0.15) is 5.26 Å². The molecule has 30 heavy (non-hydrogen) atoms. The van der Waals surface area contributed by atoms with Crippen LogP contribution in [0.3, 0.4) is 0 Å². The molecule has 158 valence electrons. The zero-order chi connectivity index (χ0) is 22.1. The molecule has 4 nitrogen and oxygen atoms in total. The van der Waals surface area contributed by atoms with E-state index in [0.717, 1.165) is 0 Å². The highest BCUT2D eigenvalue weighted by Gasteiger charge is 2.67. The zero-order valence-electron chi connectivity index (χ0n) is 16.2. The van der Waals surface area contributed by atoms with Gasteiger partial charge in [0, 0.05) is 5.56 Å². The molecule has 0 spiro atoms. The summed E-state index contributed by atoms with van der Waals surface area (Å²) >= 11 is 14.2. The van der Waals surface area contributed by atoms with Crippen molar-refractivity contribution in [1.82, 2.24) is 0 Å². The Kier molecular flexibility index (Phi) is 7.38. The van der Waals surface area contributed by atoms with Gasteiger partial charge in [-0.05, 0) is 35.6 Å². The van der Waals surface area contributed by atoms with E-state index in [1.807, 2.05) is 44.2 Å². The van der Waals surface area contributed by atoms with E-state index in [1.165, 1.54) is 0 Å². The number of benzene rings is 2. The molecule has 0 amide bonds. The Hall–Kier alpha value is -0.880. The molecule has 2 aromatic carbocycles. The lowest BCUT2D eigenvalue weighted by Gasteiger charge is -2.21. The number of nitriles is 1. The summed E-state index contributed by atoms with van der Waals surface area (Å²) in [7, 11) is 0. The Balaban J connectivity index is 1.72. The third-order valence-electron chi connectivity index (χ3n) is 5.28. The van der Waals surface area contributed by atoms with Crippen LogP contribution in [0.25, 0.3) is 0 Å². The summed E-state index contributed by atoms with van der Waals surface area (Å²) < 4.78 is 10.9. The predicted molar refractivity (Wildman–Crippen MR) is 130 cm³/mol. The molecular weight excluding hydrogens is 646 g/mol. The first-order valence-corrected chi connectivity index (χ1v) is 12.5. The van der Waals surface area contributed by atoms with Gasteiger partial charge in [0.15, 0.2) is 0 Å². The molecule has 0 heterocycles. The highest BCUT2D eigenvalue weighted by atomic mass is 80.0. The van der Waals surface area contributed by atoms with Gasteiger partial charge in [-0.25, -0.2) is 0 Å². The van der Waals surface area contributed by atoms with Crippen LogP contribution in [-0.4, -0.2) is 12.9 Å². The zero-order valence-corrected chi connectivity index (χ0v) is 22.5. The molecule has 2 aromatic rings. The maximum Gasteiger partial charge on any atom is 0.311 e. The van der Waals surface area contributed by atoms with Crippen molar-refractivity contribution in [1.29, 1.82) is 5.26 Å². The number of ether oxygens (including phenoxy) is 2. The van der Waals surface area contributed by atoms with Crippen molar-refractivity contribution in [2.45, 2.75) is 26.9 Å². The summed E-state index contributed by atoms with van der Waals surface area (Å²) in [4.78, 5) is 12.8. The molecule has 0 radical (unpaired) electrons. The largest absolute Gasteiger partial charge is 0.457 e. The fraction of sp³-hybridized carbons (Fsp3) is 0.364. The van der Waals surface area contributed by atoms with E-state index in [4.69, 9.17) is 9.47 Å². The summed E-state index contributed by atoms with van der Waals surface area (Å²) in [5, 5.41) is 9.65. The number of esters is 1. The van der Waals surface area contributed by atoms with Crippen LogP contribution in [0.1, 0.15) is 25.5 Å². The van der Waals surface area contributed by atoms with Gasteiger partial charge in [-0.15, -0.1) is 0 Å². The standard InChI is InChI=1S/C22H19Br4NO3/c1-21(2)17(19(23)22(24,25)26)18(21)20(28)30-16(12-27)13-7-6-10-15(11-13)29-14-8-4-3-5-9-14/h3-11,16-19H,1-2H3/t16-,17-,18-,19-/m0/s1. The van der Waals surface area contributed by atoms with Gasteiger partial charge in [0.05, 0.1) is 10.7 Å². The Morgan fingerprint density at radius 2 is 1.73 bits per heavy atom. The first-order valence-electron chi connectivity index (χ1n) is 9.19. The van der Waals surface area contributed by atoms with E-state index in [2.05, 4.69) is 69.8 Å². The molecule has 1 fully saturated rings. The van der Waals surface area contributed by atoms with Crippen molar-refractivity contribution in [2.24, 2.45) is 17.3 Å². The molecule has 1 saturated carbocycles. The third-order valence-corrected chi connectivity index (χ3v) is 9.86. The molecule has 0 bridgehead atoms. The molecule has 0 unspecified atom stereocenters. The highest BCUT2D eigenvalue weighted by molar-refractivity contribution is 9.40. The molecule has 0 aliphatic heterocycles. The summed E-state index contributed by atoms with van der Waals surface area (Å²) in [5.41, 5.74) is 0.310. The summed E-state index contributed by atoms with van der Waals surface area (Å²) in [6.07, 6.45) is -1.01. The third kappa shape index (κ3) is 5.29. The van der Waals surface area contributed by atoms with Crippen LogP contribution >= 0.6 is 63.7 Å². The molecule has 0 saturated heterocycles. The fourth-order valence-corrected chi connectivity index (χ4v) is 5.44. The Labute approximate surface area is 209 Å². The van der Waals surface area contributed by atoms with Gasteiger partial charge in [-0.3, -0.25) is 4.79 Å². The van der Waals surface area contributed by atoms with E-state index in [9.17, 15) is 10.1 Å². The summed E-state index contributed by atoms with van der Waals surface area (Å²) in [6.45, 7) is 4.04. The normalized spacial score (nSPS) is 21.8. The van der Waals surface area contributed by atoms with Crippen LogP contribution in [0.5, 0.6) is 11.5 Å². The molecule has 0 N–H and O–H groups in total. The Bertz CT molecular complexity index is 953. The van der Waals surface area contributed by atoms with Crippen LogP contribution < -0.4 is 4.74 Å². The number of nitrogens with zero attached hydrogens (tertiary/aromatic N) is 1. The van der Waals surface area contributed by atoms with Crippen LogP contribution in [0.2, 0.25) is 0 Å². The predicted octanol–water partition coefficient (Wildman–Crippen LogP) is 7.46. The second kappa shape index (κ2) is 9.32. The second-order valence-electron chi connectivity index (χ2n) is 7.70. The van der Waals surface area contributed by atoms with Crippen molar-refractivity contribution in [3.8, 4) is 17.6 Å². The molecule has 0 aromatic heterocycles. The van der Waals surface area contributed by atoms with Gasteiger partial charge >= 0.3 is 5.97 Å². The van der Waals surface area contributed by atoms with Gasteiger partial charge in [0.2, 0.25) is 6.10 Å². The number of halogens is 4. The van der Waals surface area contributed by atoms with Gasteiger partial charge in [-0.1, -0.05) is 108 Å². The van der Waals surface area contributed by atoms with E-state index in [0.29, 0.717) is 17.1 Å². The minimum absolute atomic E-state index is 0.0233. The highest BCUT2D eigenvalue weighted by Crippen LogP contribution is 2.66. The van der Waals surface area contributed by atoms with Crippen LogP contribution in [0.15, 0.2) is 54.6 Å². The lowest BCUT2D eigenvalue weighted by atomic mass is 10.1. The van der Waals surface area contributed by atoms with Crippen LogP contribution in [0, 0.1) is 28.6 Å². The fourth-order valence-electron chi connectivity index (χ4n) is 3.60. The first-order chi connectivity index (χ1) is 14.1. The molecule has 4 atom stereocenters. The number of para-hydroxylation sites is 1. The Morgan fingerprint density at radius 3 is 2.33 bits per heavy atom. The number of hydrogen-bond donors (Lipinski definition) is 0. The average molecular weight is 665 g/mol. The SMILES string of the molecule is CC1(C)[C@H]([C@H](Br)C(Br)(Br)Br)[C@H]1C(=O)O[C@@H](C#N)c1cccc(Oc2ccccc2)c1. The van der Waals surface area contributed by atoms with Gasteiger partial charge in [0.1, 0.15) is 19.7 Å².